The fourth-order valence-electron chi connectivity index (χ4n) is 5.91. The van der Waals surface area contributed by atoms with Gasteiger partial charge in [-0.3, -0.25) is 4.57 Å². The smallest absolute Gasteiger partial charge is 0.354 e. The van der Waals surface area contributed by atoms with E-state index in [0.717, 1.165) is 79.5 Å². The van der Waals surface area contributed by atoms with Crippen LogP contribution in [0, 0.1) is 5.92 Å². The Kier molecular flexibility index (Phi) is 11.6. The van der Waals surface area contributed by atoms with E-state index in [1.807, 2.05) is 43.3 Å². The lowest BCUT2D eigenvalue weighted by Crippen LogP contribution is -2.42. The molecule has 0 radical (unpaired) electrons. The topological polar surface area (TPSA) is 135 Å². The molecule has 1 unspecified atom stereocenters. The van der Waals surface area contributed by atoms with E-state index >= 15 is 0 Å². The zero-order valence-corrected chi connectivity index (χ0v) is 27.5. The van der Waals surface area contributed by atoms with Crippen LogP contribution in [-0.4, -0.2) is 66.1 Å². The largest absolute Gasteiger partial charge is 0.381 e. The van der Waals surface area contributed by atoms with Gasteiger partial charge in [0.25, 0.3) is 0 Å². The van der Waals surface area contributed by atoms with Gasteiger partial charge in [-0.1, -0.05) is 30.3 Å². The van der Waals surface area contributed by atoms with Crippen LogP contribution in [0.4, 0.5) is 0 Å². The molecule has 0 amide bonds. The van der Waals surface area contributed by atoms with Crippen LogP contribution in [0.5, 0.6) is 0 Å². The summed E-state index contributed by atoms with van der Waals surface area (Å²) in [4.78, 5) is 20.7. The molecule has 1 aliphatic heterocycles. The SMILES string of the molecule is C=CCCCC(C)N(CC1CCOCC1)S(=O)(=O)c1ccc(-c2cc3cn(-c4ccc(CNCCCN)cc4)c(=O)nc3[nH]2)cc1. The summed E-state index contributed by atoms with van der Waals surface area (Å²) in [6, 6.07) is 16.5. The maximum atomic E-state index is 14.0. The Balaban J connectivity index is 1.34. The van der Waals surface area contributed by atoms with Gasteiger partial charge in [-0.05, 0) is 106 Å². The van der Waals surface area contributed by atoms with Crippen molar-refractivity contribution >= 4 is 21.1 Å². The standard InChI is InChI=1S/C35H46N6O4S/c1-3-4-5-7-26(2)41(24-28-16-20-45-21-17-28)46(43,44)32-14-10-29(11-15-32)33-22-30-25-40(35(42)39-34(30)38-33)31-12-8-27(9-13-31)23-37-19-6-18-36/h3,8-15,22,25-26,28,37H,1,4-7,16-21,23-24,36H2,2H3,(H,38,39,42). The number of aromatic amines is 1. The van der Waals surface area contributed by atoms with Crippen LogP contribution in [0.3, 0.4) is 0 Å². The van der Waals surface area contributed by atoms with Gasteiger partial charge in [0, 0.05) is 49.6 Å². The summed E-state index contributed by atoms with van der Waals surface area (Å²) in [6.07, 6.45) is 8.82. The first kappa shape index (κ1) is 33.7. The Morgan fingerprint density at radius 3 is 2.59 bits per heavy atom. The molecule has 0 spiro atoms. The van der Waals surface area contributed by atoms with E-state index in [1.165, 1.54) is 4.57 Å². The number of sulfonamides is 1. The van der Waals surface area contributed by atoms with Crippen LogP contribution >= 0.6 is 0 Å². The lowest BCUT2D eigenvalue weighted by Gasteiger charge is -2.33. The van der Waals surface area contributed by atoms with Crippen molar-refractivity contribution in [2.24, 2.45) is 11.7 Å². The minimum atomic E-state index is -3.72. The summed E-state index contributed by atoms with van der Waals surface area (Å²) >= 11 is 0. The van der Waals surface area contributed by atoms with E-state index in [2.05, 4.69) is 21.9 Å². The van der Waals surface area contributed by atoms with Crippen LogP contribution in [-0.2, 0) is 21.3 Å². The maximum absolute atomic E-state index is 14.0. The highest BCUT2D eigenvalue weighted by Crippen LogP contribution is 2.29. The van der Waals surface area contributed by atoms with Gasteiger partial charge in [0.05, 0.1) is 10.6 Å². The molecule has 1 atom stereocenters. The molecule has 246 valence electrons. The molecule has 1 aliphatic rings. The molecule has 2 aromatic carbocycles. The normalized spacial score (nSPS) is 15.0. The summed E-state index contributed by atoms with van der Waals surface area (Å²) < 4.78 is 36.7. The van der Waals surface area contributed by atoms with Crippen molar-refractivity contribution < 1.29 is 13.2 Å². The van der Waals surface area contributed by atoms with Crippen molar-refractivity contribution in [1.82, 2.24) is 24.2 Å². The van der Waals surface area contributed by atoms with E-state index in [0.29, 0.717) is 32.0 Å². The molecule has 4 N–H and O–H groups in total. The highest BCUT2D eigenvalue weighted by molar-refractivity contribution is 7.89. The molecule has 5 rings (SSSR count). The first-order valence-corrected chi connectivity index (χ1v) is 17.7. The van der Waals surface area contributed by atoms with Crippen molar-refractivity contribution in [1.29, 1.82) is 0 Å². The second-order valence-electron chi connectivity index (χ2n) is 12.1. The number of ether oxygens (including phenoxy) is 1. The molecule has 1 saturated heterocycles. The number of nitrogens with zero attached hydrogens (tertiary/aromatic N) is 3. The Bertz CT molecular complexity index is 1740. The van der Waals surface area contributed by atoms with Crippen LogP contribution in [0.2, 0.25) is 0 Å². The van der Waals surface area contributed by atoms with Gasteiger partial charge < -0.3 is 20.8 Å². The lowest BCUT2D eigenvalue weighted by atomic mass is 9.99. The van der Waals surface area contributed by atoms with E-state index in [-0.39, 0.29) is 22.5 Å². The van der Waals surface area contributed by atoms with Crippen molar-refractivity contribution in [3.05, 3.63) is 89.5 Å². The second-order valence-corrected chi connectivity index (χ2v) is 14.0. The highest BCUT2D eigenvalue weighted by Gasteiger charge is 2.31. The summed E-state index contributed by atoms with van der Waals surface area (Å²) in [5.74, 6) is 0.276. The molecule has 0 saturated carbocycles. The van der Waals surface area contributed by atoms with Crippen LogP contribution < -0.4 is 16.7 Å². The highest BCUT2D eigenvalue weighted by atomic mass is 32.2. The third kappa shape index (κ3) is 8.21. The summed E-state index contributed by atoms with van der Waals surface area (Å²) in [5, 5.41) is 4.13. The van der Waals surface area contributed by atoms with Gasteiger partial charge in [-0.2, -0.15) is 9.29 Å². The molecule has 2 aromatic heterocycles. The van der Waals surface area contributed by atoms with Crippen LogP contribution in [0.15, 0.2) is 83.1 Å². The number of unbranched alkanes of at least 4 members (excludes halogenated alkanes) is 1. The van der Waals surface area contributed by atoms with Crippen LogP contribution in [0.25, 0.3) is 28.0 Å². The molecule has 0 bridgehead atoms. The Morgan fingerprint density at radius 2 is 1.89 bits per heavy atom. The number of nitrogens with two attached hydrogens (primary N) is 1. The number of hydrogen-bond acceptors (Lipinski definition) is 7. The number of hydrogen-bond donors (Lipinski definition) is 3. The van der Waals surface area contributed by atoms with E-state index in [9.17, 15) is 13.2 Å². The predicted octanol–water partition coefficient (Wildman–Crippen LogP) is 4.98. The molecule has 1 fully saturated rings. The first-order valence-electron chi connectivity index (χ1n) is 16.2. The van der Waals surface area contributed by atoms with E-state index in [1.54, 1.807) is 34.8 Å². The van der Waals surface area contributed by atoms with Crippen LogP contribution in [0.1, 0.15) is 51.0 Å². The Labute approximate surface area is 271 Å². The molecule has 3 heterocycles. The number of nitrogens with one attached hydrogen (secondary N) is 2. The number of benzene rings is 2. The summed E-state index contributed by atoms with van der Waals surface area (Å²) in [6.45, 7) is 9.88. The van der Waals surface area contributed by atoms with Crippen molar-refractivity contribution in [3.8, 4) is 16.9 Å². The zero-order valence-electron chi connectivity index (χ0n) is 26.7. The lowest BCUT2D eigenvalue weighted by molar-refractivity contribution is 0.0578. The fraction of sp³-hybridized carbons (Fsp3) is 0.429. The van der Waals surface area contributed by atoms with Gasteiger partial charge >= 0.3 is 5.69 Å². The Hall–Kier alpha value is -3.61. The summed E-state index contributed by atoms with van der Waals surface area (Å²) in [5.41, 5.74) is 9.04. The van der Waals surface area contributed by atoms with Gasteiger partial charge in [-0.25, -0.2) is 13.2 Å². The zero-order chi connectivity index (χ0) is 32.5. The molecular formula is C35H46N6O4S. The Morgan fingerprint density at radius 1 is 1.15 bits per heavy atom. The minimum absolute atomic E-state index is 0.130. The molecule has 46 heavy (non-hydrogen) atoms. The average Bonchev–Trinajstić information content (AvgIpc) is 3.49. The summed E-state index contributed by atoms with van der Waals surface area (Å²) in [7, 11) is -3.72. The number of allylic oxidation sites excluding steroid dienone is 1. The first-order chi connectivity index (χ1) is 22.3. The minimum Gasteiger partial charge on any atom is -0.381 e. The third-order valence-electron chi connectivity index (χ3n) is 8.68. The quantitative estimate of drug-likeness (QED) is 0.115. The van der Waals surface area contributed by atoms with Gasteiger partial charge in [0.1, 0.15) is 5.65 Å². The molecule has 4 aromatic rings. The third-order valence-corrected chi connectivity index (χ3v) is 10.7. The number of fused-ring (bicyclic) bond motifs is 1. The second kappa shape index (κ2) is 15.8. The fourth-order valence-corrected chi connectivity index (χ4v) is 7.65. The number of aromatic nitrogens is 3. The monoisotopic (exact) mass is 646 g/mol. The molecule has 0 aliphatic carbocycles. The maximum Gasteiger partial charge on any atom is 0.354 e. The molecule has 10 nitrogen and oxygen atoms in total. The van der Waals surface area contributed by atoms with Gasteiger partial charge in [0.2, 0.25) is 10.0 Å². The average molecular weight is 647 g/mol. The molecular weight excluding hydrogens is 600 g/mol. The number of rotatable bonds is 16. The van der Waals surface area contributed by atoms with E-state index in [4.69, 9.17) is 10.5 Å². The van der Waals surface area contributed by atoms with E-state index < -0.39 is 10.0 Å². The van der Waals surface area contributed by atoms with Crippen molar-refractivity contribution in [2.75, 3.05) is 32.8 Å². The van der Waals surface area contributed by atoms with Gasteiger partial charge in [0.15, 0.2) is 0 Å². The molecule has 11 heteroatoms. The van der Waals surface area contributed by atoms with Crippen molar-refractivity contribution in [2.45, 2.75) is 62.9 Å². The predicted molar refractivity (Wildman–Crippen MR) is 183 cm³/mol. The van der Waals surface area contributed by atoms with Gasteiger partial charge in [-0.15, -0.1) is 6.58 Å². The van der Waals surface area contributed by atoms with Crippen molar-refractivity contribution in [3.63, 3.8) is 0 Å². The number of H-pyrrole nitrogens is 1.